The molecule has 7 heteroatoms. The Labute approximate surface area is 118 Å². The summed E-state index contributed by atoms with van der Waals surface area (Å²) in [4.78, 5) is 28.5. The number of likely N-dealkylation sites (N-methyl/N-ethyl adjacent to an activating group) is 1. The van der Waals surface area contributed by atoms with Gasteiger partial charge in [-0.05, 0) is 40.1 Å². The number of carboxylic acid groups (broad SMARTS) is 1. The summed E-state index contributed by atoms with van der Waals surface area (Å²) < 4.78 is 0. The highest BCUT2D eigenvalue weighted by Crippen LogP contribution is 2.12. The second kappa shape index (κ2) is 6.33. The number of pyridine rings is 1. The van der Waals surface area contributed by atoms with Gasteiger partial charge in [-0.3, -0.25) is 0 Å². The van der Waals surface area contributed by atoms with Gasteiger partial charge in [0.2, 0.25) is 0 Å². The molecular formula is C13H20N4O3. The summed E-state index contributed by atoms with van der Waals surface area (Å²) in [6, 6.07) is 2.59. The molecule has 0 bridgehead atoms. The minimum absolute atomic E-state index is 0.167. The average molecular weight is 280 g/mol. The van der Waals surface area contributed by atoms with Gasteiger partial charge in [-0.25, -0.2) is 14.6 Å². The number of urea groups is 1. The average Bonchev–Trinajstić information content (AvgIpc) is 2.36. The summed E-state index contributed by atoms with van der Waals surface area (Å²) >= 11 is 0. The quantitative estimate of drug-likeness (QED) is 0.754. The van der Waals surface area contributed by atoms with Crippen molar-refractivity contribution in [2.75, 3.05) is 26.0 Å². The van der Waals surface area contributed by atoms with Crippen LogP contribution in [0, 0.1) is 0 Å². The Bertz CT molecular complexity index is 500. The molecule has 0 aliphatic carbocycles. The SMILES string of the molecule is CN(C)C(C)(C)CNC(=O)Nc1cccnc1C(=O)O. The zero-order chi connectivity index (χ0) is 15.3. The Morgan fingerprint density at radius 1 is 1.40 bits per heavy atom. The fraction of sp³-hybridized carbons (Fsp3) is 0.462. The fourth-order valence-corrected chi connectivity index (χ4v) is 1.30. The van der Waals surface area contributed by atoms with Gasteiger partial charge in [-0.2, -0.15) is 0 Å². The van der Waals surface area contributed by atoms with Gasteiger partial charge in [0.25, 0.3) is 0 Å². The van der Waals surface area contributed by atoms with Gasteiger partial charge in [-0.1, -0.05) is 0 Å². The monoisotopic (exact) mass is 280 g/mol. The summed E-state index contributed by atoms with van der Waals surface area (Å²) in [5.41, 5.74) is -0.225. The largest absolute Gasteiger partial charge is 0.476 e. The molecule has 0 unspecified atom stereocenters. The Morgan fingerprint density at radius 3 is 2.60 bits per heavy atom. The van der Waals surface area contributed by atoms with E-state index in [9.17, 15) is 9.59 Å². The number of aromatic nitrogens is 1. The maximum Gasteiger partial charge on any atom is 0.356 e. The van der Waals surface area contributed by atoms with Gasteiger partial charge >= 0.3 is 12.0 Å². The van der Waals surface area contributed by atoms with E-state index < -0.39 is 12.0 Å². The standard InChI is InChI=1S/C13H20N4O3/c1-13(2,17(3)4)8-15-12(20)16-9-6-5-7-14-10(9)11(18)19/h5-7H,8H2,1-4H3,(H,18,19)(H2,15,16,20). The van der Waals surface area contributed by atoms with E-state index in [0.717, 1.165) is 0 Å². The number of rotatable bonds is 5. The molecule has 0 atom stereocenters. The van der Waals surface area contributed by atoms with E-state index in [2.05, 4.69) is 15.6 Å². The van der Waals surface area contributed by atoms with Crippen LogP contribution < -0.4 is 10.6 Å². The summed E-state index contributed by atoms with van der Waals surface area (Å²) in [5.74, 6) is -1.19. The van der Waals surface area contributed by atoms with Gasteiger partial charge in [0.1, 0.15) is 0 Å². The first kappa shape index (κ1) is 15.9. The smallest absolute Gasteiger partial charge is 0.356 e. The number of hydrogen-bond acceptors (Lipinski definition) is 4. The van der Waals surface area contributed by atoms with E-state index in [1.807, 2.05) is 32.8 Å². The Morgan fingerprint density at radius 2 is 2.05 bits per heavy atom. The number of hydrogen-bond donors (Lipinski definition) is 3. The van der Waals surface area contributed by atoms with Gasteiger partial charge in [0.05, 0.1) is 5.69 Å². The van der Waals surface area contributed by atoms with E-state index in [0.29, 0.717) is 6.54 Å². The van der Waals surface area contributed by atoms with E-state index in [4.69, 9.17) is 5.11 Å². The van der Waals surface area contributed by atoms with Crippen molar-refractivity contribution in [3.05, 3.63) is 24.0 Å². The van der Waals surface area contributed by atoms with Gasteiger partial charge in [0, 0.05) is 18.3 Å². The molecule has 0 aliphatic rings. The number of nitrogens with one attached hydrogen (secondary N) is 2. The molecule has 1 aromatic heterocycles. The highest BCUT2D eigenvalue weighted by atomic mass is 16.4. The lowest BCUT2D eigenvalue weighted by Gasteiger charge is -2.32. The van der Waals surface area contributed by atoms with Crippen molar-refractivity contribution in [3.63, 3.8) is 0 Å². The van der Waals surface area contributed by atoms with Crippen LogP contribution in [0.5, 0.6) is 0 Å². The molecule has 0 saturated carbocycles. The molecule has 2 amide bonds. The van der Waals surface area contributed by atoms with Crippen LogP contribution in [0.4, 0.5) is 10.5 Å². The van der Waals surface area contributed by atoms with Crippen LogP contribution in [0.3, 0.4) is 0 Å². The van der Waals surface area contributed by atoms with Gasteiger partial charge in [-0.15, -0.1) is 0 Å². The predicted molar refractivity (Wildman–Crippen MR) is 76.0 cm³/mol. The third-order valence-corrected chi connectivity index (χ3v) is 3.15. The fourth-order valence-electron chi connectivity index (χ4n) is 1.30. The first-order chi connectivity index (χ1) is 9.24. The summed E-state index contributed by atoms with van der Waals surface area (Å²) in [6.45, 7) is 4.40. The molecular weight excluding hydrogens is 260 g/mol. The lowest BCUT2D eigenvalue weighted by molar-refractivity contribution is 0.0691. The molecule has 0 aliphatic heterocycles. The van der Waals surface area contributed by atoms with Crippen molar-refractivity contribution in [2.45, 2.75) is 19.4 Å². The predicted octanol–water partition coefficient (Wildman–Crippen LogP) is 1.24. The Hall–Kier alpha value is -2.15. The highest BCUT2D eigenvalue weighted by Gasteiger charge is 2.21. The number of amides is 2. The molecule has 1 aromatic rings. The number of carbonyl (C=O) groups is 2. The van der Waals surface area contributed by atoms with Crippen molar-refractivity contribution in [1.29, 1.82) is 0 Å². The maximum absolute atomic E-state index is 11.8. The number of carbonyl (C=O) groups excluding carboxylic acids is 1. The molecule has 0 aromatic carbocycles. The topological polar surface area (TPSA) is 94.6 Å². The zero-order valence-electron chi connectivity index (χ0n) is 12.1. The Balaban J connectivity index is 2.66. The van der Waals surface area contributed by atoms with Crippen LogP contribution in [-0.4, -0.2) is 53.2 Å². The number of anilines is 1. The molecule has 0 saturated heterocycles. The van der Waals surface area contributed by atoms with Gasteiger partial charge in [0.15, 0.2) is 5.69 Å². The van der Waals surface area contributed by atoms with Crippen molar-refractivity contribution in [2.24, 2.45) is 0 Å². The minimum atomic E-state index is -1.19. The summed E-state index contributed by atoms with van der Waals surface area (Å²) in [6.07, 6.45) is 1.36. The van der Waals surface area contributed by atoms with E-state index in [1.54, 1.807) is 6.07 Å². The van der Waals surface area contributed by atoms with Crippen LogP contribution in [-0.2, 0) is 0 Å². The first-order valence-corrected chi connectivity index (χ1v) is 6.14. The second-order valence-corrected chi connectivity index (χ2v) is 5.22. The van der Waals surface area contributed by atoms with E-state index >= 15 is 0 Å². The molecule has 0 radical (unpaired) electrons. The number of aromatic carboxylic acids is 1. The number of carboxylic acids is 1. The third kappa shape index (κ3) is 4.20. The normalized spacial score (nSPS) is 11.2. The summed E-state index contributed by atoms with van der Waals surface area (Å²) in [5, 5.41) is 14.2. The molecule has 0 fully saturated rings. The second-order valence-electron chi connectivity index (χ2n) is 5.22. The molecule has 110 valence electrons. The molecule has 1 heterocycles. The Kier molecular flexibility index (Phi) is 5.04. The first-order valence-electron chi connectivity index (χ1n) is 6.14. The highest BCUT2D eigenvalue weighted by molar-refractivity contribution is 5.98. The van der Waals surface area contributed by atoms with Crippen molar-refractivity contribution >= 4 is 17.7 Å². The maximum atomic E-state index is 11.8. The lowest BCUT2D eigenvalue weighted by Crippen LogP contribution is -2.49. The van der Waals surface area contributed by atoms with Gasteiger partial charge < -0.3 is 20.6 Å². The van der Waals surface area contributed by atoms with Crippen LogP contribution in [0.1, 0.15) is 24.3 Å². The van der Waals surface area contributed by atoms with E-state index in [-0.39, 0.29) is 16.9 Å². The van der Waals surface area contributed by atoms with Crippen molar-refractivity contribution < 1.29 is 14.7 Å². The molecule has 3 N–H and O–H groups in total. The summed E-state index contributed by atoms with van der Waals surface area (Å²) in [7, 11) is 3.84. The molecule has 1 rings (SSSR count). The van der Waals surface area contributed by atoms with Crippen LogP contribution in [0.25, 0.3) is 0 Å². The lowest BCUT2D eigenvalue weighted by atomic mass is 10.1. The molecule has 20 heavy (non-hydrogen) atoms. The number of nitrogens with zero attached hydrogens (tertiary/aromatic N) is 2. The molecule has 0 spiro atoms. The molecule has 7 nitrogen and oxygen atoms in total. The van der Waals surface area contributed by atoms with Crippen LogP contribution >= 0.6 is 0 Å². The van der Waals surface area contributed by atoms with Crippen molar-refractivity contribution in [1.82, 2.24) is 15.2 Å². The third-order valence-electron chi connectivity index (χ3n) is 3.15. The minimum Gasteiger partial charge on any atom is -0.476 e. The zero-order valence-corrected chi connectivity index (χ0v) is 12.1. The van der Waals surface area contributed by atoms with E-state index in [1.165, 1.54) is 12.3 Å². The van der Waals surface area contributed by atoms with Crippen molar-refractivity contribution in [3.8, 4) is 0 Å². The van der Waals surface area contributed by atoms with Crippen LogP contribution in [0.15, 0.2) is 18.3 Å². The van der Waals surface area contributed by atoms with Crippen LogP contribution in [0.2, 0.25) is 0 Å².